The number of hydrogen-bond acceptors (Lipinski definition) is 5. The van der Waals surface area contributed by atoms with Gasteiger partial charge in [-0.05, 0) is 75.0 Å². The van der Waals surface area contributed by atoms with E-state index in [1.807, 2.05) is 45.0 Å². The van der Waals surface area contributed by atoms with Gasteiger partial charge < -0.3 is 15.5 Å². The highest BCUT2D eigenvalue weighted by atomic mass is 32.1. The second-order valence-corrected chi connectivity index (χ2v) is 7.84. The summed E-state index contributed by atoms with van der Waals surface area (Å²) in [6.45, 7) is 11.8. The van der Waals surface area contributed by atoms with E-state index in [1.54, 1.807) is 4.80 Å². The van der Waals surface area contributed by atoms with E-state index in [9.17, 15) is 4.79 Å². The number of carbonyl (C=O) groups excluding carboxylic acids is 1. The highest BCUT2D eigenvalue weighted by Crippen LogP contribution is 2.23. The van der Waals surface area contributed by atoms with E-state index in [1.165, 1.54) is 5.69 Å². The van der Waals surface area contributed by atoms with Gasteiger partial charge in [0, 0.05) is 30.4 Å². The lowest BCUT2D eigenvalue weighted by atomic mass is 10.2. The summed E-state index contributed by atoms with van der Waals surface area (Å²) >= 11 is 5.26. The number of aromatic nitrogens is 3. The topological polar surface area (TPSA) is 75.1 Å². The molecule has 2 aromatic carbocycles. The first kappa shape index (κ1) is 21.7. The van der Waals surface area contributed by atoms with Crippen LogP contribution < -0.4 is 15.5 Å². The van der Waals surface area contributed by atoms with Crippen LogP contribution in [0.25, 0.3) is 16.7 Å². The molecule has 8 heteroatoms. The summed E-state index contributed by atoms with van der Waals surface area (Å²) in [7, 11) is 0. The molecule has 1 aromatic heterocycles. The van der Waals surface area contributed by atoms with Gasteiger partial charge in [-0.3, -0.25) is 4.79 Å². The van der Waals surface area contributed by atoms with Gasteiger partial charge in [0.1, 0.15) is 11.0 Å². The number of nitrogens with one attached hydrogen (secondary N) is 2. The molecule has 30 heavy (non-hydrogen) atoms. The molecule has 0 aliphatic carbocycles. The number of anilines is 2. The largest absolute Gasteiger partial charge is 0.372 e. The van der Waals surface area contributed by atoms with Crippen LogP contribution in [0.5, 0.6) is 0 Å². The van der Waals surface area contributed by atoms with Crippen LogP contribution in [0.2, 0.25) is 0 Å². The van der Waals surface area contributed by atoms with Gasteiger partial charge >= 0.3 is 0 Å². The number of aryl methyl sites for hydroxylation is 1. The predicted octanol–water partition coefficient (Wildman–Crippen LogP) is 4.04. The number of benzene rings is 2. The number of rotatable bonds is 6. The molecule has 7 nitrogen and oxygen atoms in total. The molecule has 3 rings (SSSR count). The molecule has 1 heterocycles. The van der Waals surface area contributed by atoms with Crippen LogP contribution >= 0.6 is 12.2 Å². The smallest absolute Gasteiger partial charge is 0.228 e. The summed E-state index contributed by atoms with van der Waals surface area (Å²) in [5.74, 6) is -0.258. The van der Waals surface area contributed by atoms with E-state index in [4.69, 9.17) is 12.2 Å². The minimum atomic E-state index is -0.138. The monoisotopic (exact) mass is 424 g/mol. The van der Waals surface area contributed by atoms with E-state index in [0.717, 1.165) is 41.1 Å². The SMILES string of the molecule is CCN(CC)c1ccc(-n2nc3cc(C)c(NC(=S)NC(=O)C(C)C)cc3n2)cc1. The molecule has 1 amide bonds. The lowest BCUT2D eigenvalue weighted by Gasteiger charge is -2.20. The standard InChI is InChI=1S/C22H28N6OS/c1-6-27(7-2)16-8-10-17(11-9-16)28-25-19-12-15(5)18(13-20(19)26-28)23-22(30)24-21(29)14(3)4/h8-14H,6-7H2,1-5H3,(H2,23,24,29,30). The number of thiocarbonyl (C=S) groups is 1. The van der Waals surface area contributed by atoms with Crippen molar-refractivity contribution in [1.82, 2.24) is 20.3 Å². The van der Waals surface area contributed by atoms with Crippen molar-refractivity contribution in [3.8, 4) is 5.69 Å². The number of hydrogen-bond donors (Lipinski definition) is 2. The zero-order valence-electron chi connectivity index (χ0n) is 18.1. The Morgan fingerprint density at radius 1 is 1.10 bits per heavy atom. The molecule has 0 unspecified atom stereocenters. The van der Waals surface area contributed by atoms with Crippen LogP contribution in [0.1, 0.15) is 33.3 Å². The third-order valence-electron chi connectivity index (χ3n) is 4.95. The molecule has 2 N–H and O–H groups in total. The summed E-state index contributed by atoms with van der Waals surface area (Å²) in [6.07, 6.45) is 0. The molecule has 0 fully saturated rings. The highest BCUT2D eigenvalue weighted by molar-refractivity contribution is 7.80. The molecule has 158 valence electrons. The van der Waals surface area contributed by atoms with E-state index >= 15 is 0 Å². The summed E-state index contributed by atoms with van der Waals surface area (Å²) in [6, 6.07) is 12.1. The average Bonchev–Trinajstić information content (AvgIpc) is 3.12. The van der Waals surface area contributed by atoms with Crippen LogP contribution in [-0.2, 0) is 4.79 Å². The van der Waals surface area contributed by atoms with E-state index in [0.29, 0.717) is 0 Å². The second-order valence-electron chi connectivity index (χ2n) is 7.43. The summed E-state index contributed by atoms with van der Waals surface area (Å²) < 4.78 is 0. The zero-order chi connectivity index (χ0) is 21.8. The Morgan fingerprint density at radius 3 is 2.27 bits per heavy atom. The van der Waals surface area contributed by atoms with Crippen LogP contribution in [0.3, 0.4) is 0 Å². The van der Waals surface area contributed by atoms with Crippen molar-refractivity contribution < 1.29 is 4.79 Å². The Labute approximate surface area is 182 Å². The van der Waals surface area contributed by atoms with Crippen LogP contribution in [0.15, 0.2) is 36.4 Å². The van der Waals surface area contributed by atoms with Gasteiger partial charge in [-0.25, -0.2) is 0 Å². The maximum atomic E-state index is 11.8. The third kappa shape index (κ3) is 4.76. The van der Waals surface area contributed by atoms with Crippen LogP contribution in [0.4, 0.5) is 11.4 Å². The van der Waals surface area contributed by atoms with Crippen LogP contribution in [0, 0.1) is 12.8 Å². The summed E-state index contributed by atoms with van der Waals surface area (Å²) in [5.41, 5.74) is 5.37. The molecule has 0 aliphatic rings. The molecule has 0 bridgehead atoms. The molecule has 0 saturated heterocycles. The maximum absolute atomic E-state index is 11.8. The molecule has 0 radical (unpaired) electrons. The van der Waals surface area contributed by atoms with Gasteiger partial charge in [0.25, 0.3) is 0 Å². The number of carbonyl (C=O) groups is 1. The molecule has 0 saturated carbocycles. The number of nitrogens with zero attached hydrogens (tertiary/aromatic N) is 4. The van der Waals surface area contributed by atoms with Gasteiger partial charge in [0.2, 0.25) is 5.91 Å². The highest BCUT2D eigenvalue weighted by Gasteiger charge is 2.12. The third-order valence-corrected chi connectivity index (χ3v) is 5.15. The van der Waals surface area contributed by atoms with Crippen LogP contribution in [-0.4, -0.2) is 39.1 Å². The summed E-state index contributed by atoms with van der Waals surface area (Å²) in [4.78, 5) is 15.8. The van der Waals surface area contributed by atoms with Crippen molar-refractivity contribution in [2.45, 2.75) is 34.6 Å². The first-order valence-electron chi connectivity index (χ1n) is 10.2. The molecule has 0 atom stereocenters. The molecule has 0 aliphatic heterocycles. The van der Waals surface area contributed by atoms with Crippen molar-refractivity contribution in [3.05, 3.63) is 42.0 Å². The van der Waals surface area contributed by atoms with Crippen molar-refractivity contribution in [3.63, 3.8) is 0 Å². The molecular formula is C22H28N6OS. The fraction of sp³-hybridized carbons (Fsp3) is 0.364. The Morgan fingerprint density at radius 2 is 1.70 bits per heavy atom. The zero-order valence-corrected chi connectivity index (χ0v) is 18.9. The lowest BCUT2D eigenvalue weighted by molar-refractivity contribution is -0.122. The number of amides is 1. The van der Waals surface area contributed by atoms with Gasteiger partial charge in [0.15, 0.2) is 5.11 Å². The van der Waals surface area contributed by atoms with Gasteiger partial charge in [-0.2, -0.15) is 4.80 Å². The normalized spacial score (nSPS) is 11.0. The Kier molecular flexibility index (Phi) is 6.66. The van der Waals surface area contributed by atoms with Gasteiger partial charge in [-0.15, -0.1) is 10.2 Å². The average molecular weight is 425 g/mol. The minimum absolute atomic E-state index is 0.120. The van der Waals surface area contributed by atoms with Crippen molar-refractivity contribution in [2.75, 3.05) is 23.3 Å². The van der Waals surface area contributed by atoms with Crippen molar-refractivity contribution in [2.24, 2.45) is 5.92 Å². The number of fused-ring (bicyclic) bond motifs is 1. The second kappa shape index (κ2) is 9.21. The maximum Gasteiger partial charge on any atom is 0.228 e. The van der Waals surface area contributed by atoms with E-state index in [-0.39, 0.29) is 16.9 Å². The van der Waals surface area contributed by atoms with Crippen molar-refractivity contribution >= 4 is 45.6 Å². The van der Waals surface area contributed by atoms with Crippen molar-refractivity contribution in [1.29, 1.82) is 0 Å². The first-order valence-corrected chi connectivity index (χ1v) is 10.6. The Bertz CT molecular complexity index is 1050. The van der Waals surface area contributed by atoms with E-state index in [2.05, 4.69) is 51.7 Å². The quantitative estimate of drug-likeness (QED) is 0.582. The van der Waals surface area contributed by atoms with E-state index < -0.39 is 0 Å². The van der Waals surface area contributed by atoms with Gasteiger partial charge in [0.05, 0.1) is 5.69 Å². The molecular weight excluding hydrogens is 396 g/mol. The van der Waals surface area contributed by atoms with Gasteiger partial charge in [-0.1, -0.05) is 13.8 Å². The first-order chi connectivity index (χ1) is 14.3. The Hall–Kier alpha value is -3.00. The minimum Gasteiger partial charge on any atom is -0.372 e. The lowest BCUT2D eigenvalue weighted by Crippen LogP contribution is -2.36. The molecule has 3 aromatic rings. The predicted molar refractivity (Wildman–Crippen MR) is 126 cm³/mol. The fourth-order valence-corrected chi connectivity index (χ4v) is 3.32. The Balaban J connectivity index is 1.83. The molecule has 0 spiro atoms. The summed E-state index contributed by atoms with van der Waals surface area (Å²) in [5, 5.41) is 15.3. The fourth-order valence-electron chi connectivity index (χ4n) is 3.11.